The van der Waals surface area contributed by atoms with Crippen LogP contribution in [0.15, 0.2) is 24.3 Å². The first-order valence-corrected chi connectivity index (χ1v) is 11.2. The van der Waals surface area contributed by atoms with E-state index >= 15 is 0 Å². The van der Waals surface area contributed by atoms with Crippen molar-refractivity contribution in [2.45, 2.75) is 59.0 Å². The molecule has 29 heavy (non-hydrogen) atoms. The van der Waals surface area contributed by atoms with Gasteiger partial charge in [-0.05, 0) is 43.4 Å². The molecule has 3 rings (SSSR count). The van der Waals surface area contributed by atoms with Gasteiger partial charge in [0.05, 0.1) is 0 Å². The predicted molar refractivity (Wildman–Crippen MR) is 117 cm³/mol. The first-order chi connectivity index (χ1) is 13.7. The van der Waals surface area contributed by atoms with Crippen LogP contribution in [-0.2, 0) is 16.1 Å². The Kier molecular flexibility index (Phi) is 7.23. The van der Waals surface area contributed by atoms with Crippen molar-refractivity contribution in [3.8, 4) is 0 Å². The van der Waals surface area contributed by atoms with E-state index in [2.05, 4.69) is 22.3 Å². The van der Waals surface area contributed by atoms with E-state index < -0.39 is 0 Å². The van der Waals surface area contributed by atoms with Crippen molar-refractivity contribution >= 4 is 23.4 Å². The molecule has 1 N–H and O–H groups in total. The molecule has 0 aromatic heterocycles. The summed E-state index contributed by atoms with van der Waals surface area (Å²) in [7, 11) is 0. The first-order valence-electron chi connectivity index (χ1n) is 10.8. The van der Waals surface area contributed by atoms with E-state index in [1.807, 2.05) is 37.8 Å². The molecule has 2 heterocycles. The molecule has 2 aliphatic heterocycles. The molecule has 0 aliphatic carbocycles. The summed E-state index contributed by atoms with van der Waals surface area (Å²) >= 11 is 5.96. The van der Waals surface area contributed by atoms with E-state index in [9.17, 15) is 9.59 Å². The number of nitrogens with zero attached hydrogens (tertiary/aromatic N) is 2. The number of hydrogen-bond donors (Lipinski definition) is 1. The van der Waals surface area contributed by atoms with Crippen molar-refractivity contribution in [2.75, 3.05) is 26.2 Å². The average Bonchev–Trinajstić information content (AvgIpc) is 2.70. The van der Waals surface area contributed by atoms with Gasteiger partial charge in [-0.25, -0.2) is 0 Å². The van der Waals surface area contributed by atoms with Crippen LogP contribution in [-0.4, -0.2) is 53.8 Å². The number of carbonyl (C=O) groups excluding carboxylic acids is 2. The molecular weight excluding hydrogens is 386 g/mol. The van der Waals surface area contributed by atoms with Crippen molar-refractivity contribution in [3.63, 3.8) is 0 Å². The van der Waals surface area contributed by atoms with Crippen molar-refractivity contribution in [1.82, 2.24) is 15.1 Å². The molecule has 1 aromatic carbocycles. The highest BCUT2D eigenvalue weighted by Crippen LogP contribution is 2.24. The maximum absolute atomic E-state index is 12.7. The molecule has 1 aromatic rings. The Morgan fingerprint density at radius 1 is 1.00 bits per heavy atom. The van der Waals surface area contributed by atoms with Gasteiger partial charge in [0.2, 0.25) is 11.8 Å². The second kappa shape index (κ2) is 9.48. The maximum Gasteiger partial charge on any atom is 0.227 e. The topological polar surface area (TPSA) is 52.7 Å². The molecule has 0 bridgehead atoms. The Bertz CT molecular complexity index is 698. The van der Waals surface area contributed by atoms with Crippen molar-refractivity contribution < 1.29 is 9.59 Å². The van der Waals surface area contributed by atoms with E-state index in [-0.39, 0.29) is 29.2 Å². The summed E-state index contributed by atoms with van der Waals surface area (Å²) in [4.78, 5) is 29.5. The minimum atomic E-state index is -0.352. The van der Waals surface area contributed by atoms with E-state index in [4.69, 9.17) is 11.6 Å². The van der Waals surface area contributed by atoms with Gasteiger partial charge < -0.3 is 10.2 Å². The van der Waals surface area contributed by atoms with Gasteiger partial charge in [0.15, 0.2) is 0 Å². The lowest BCUT2D eigenvalue weighted by Crippen LogP contribution is -2.49. The zero-order chi connectivity index (χ0) is 21.0. The van der Waals surface area contributed by atoms with Gasteiger partial charge in [0, 0.05) is 55.1 Å². The molecule has 5 nitrogen and oxygen atoms in total. The van der Waals surface area contributed by atoms with Crippen molar-refractivity contribution in [3.05, 3.63) is 34.9 Å². The summed E-state index contributed by atoms with van der Waals surface area (Å²) in [6, 6.07) is 8.28. The fourth-order valence-electron chi connectivity index (χ4n) is 4.22. The van der Waals surface area contributed by atoms with Crippen LogP contribution in [0.3, 0.4) is 0 Å². The number of nitrogens with one attached hydrogen (secondary N) is 1. The predicted octanol–water partition coefficient (Wildman–Crippen LogP) is 3.71. The maximum atomic E-state index is 12.7. The quantitative estimate of drug-likeness (QED) is 0.809. The lowest BCUT2D eigenvalue weighted by atomic mass is 9.90. The van der Waals surface area contributed by atoms with E-state index in [0.29, 0.717) is 13.1 Å². The summed E-state index contributed by atoms with van der Waals surface area (Å²) in [5, 5.41) is 4.04. The molecule has 0 unspecified atom stereocenters. The first kappa shape index (κ1) is 22.1. The van der Waals surface area contributed by atoms with Gasteiger partial charge in [-0.2, -0.15) is 0 Å². The Hall–Kier alpha value is -1.59. The number of amides is 2. The Morgan fingerprint density at radius 3 is 2.14 bits per heavy atom. The average molecular weight is 420 g/mol. The molecule has 6 heteroatoms. The van der Waals surface area contributed by atoms with Crippen molar-refractivity contribution in [2.24, 2.45) is 11.3 Å². The van der Waals surface area contributed by atoms with Crippen LogP contribution in [0, 0.1) is 11.3 Å². The number of piperidine rings is 2. The minimum absolute atomic E-state index is 0.0334. The highest BCUT2D eigenvalue weighted by atomic mass is 35.5. The highest BCUT2D eigenvalue weighted by Gasteiger charge is 2.33. The third kappa shape index (κ3) is 6.19. The number of likely N-dealkylation sites (tertiary alicyclic amines) is 2. The monoisotopic (exact) mass is 419 g/mol. The van der Waals surface area contributed by atoms with Gasteiger partial charge in [-0.3, -0.25) is 14.5 Å². The fraction of sp³-hybridized carbons (Fsp3) is 0.652. The summed E-state index contributed by atoms with van der Waals surface area (Å²) in [6.45, 7) is 10.1. The lowest BCUT2D eigenvalue weighted by molar-refractivity contribution is -0.142. The lowest BCUT2D eigenvalue weighted by Gasteiger charge is -2.36. The standard InChI is InChI=1S/C23H34ClN3O2/c1-23(2,3)22(29)27-14-8-18(9-15-27)21(28)25-20-10-12-26(13-11-20)16-17-4-6-19(24)7-5-17/h4-7,18,20H,8-16H2,1-3H3,(H,25,28). The summed E-state index contributed by atoms with van der Waals surface area (Å²) in [5.41, 5.74) is 0.920. The second-order valence-corrected chi connectivity index (χ2v) is 9.94. The number of rotatable bonds is 4. The van der Waals surface area contributed by atoms with E-state index in [1.54, 1.807) is 0 Å². The Balaban J connectivity index is 1.39. The number of benzene rings is 1. The van der Waals surface area contributed by atoms with Gasteiger partial charge in [0.1, 0.15) is 0 Å². The molecule has 160 valence electrons. The van der Waals surface area contributed by atoms with Crippen LogP contribution in [0.1, 0.15) is 52.0 Å². The van der Waals surface area contributed by atoms with Crippen molar-refractivity contribution in [1.29, 1.82) is 0 Å². The summed E-state index contributed by atoms with van der Waals surface area (Å²) in [6.07, 6.45) is 3.51. The summed E-state index contributed by atoms with van der Waals surface area (Å²) < 4.78 is 0. The van der Waals surface area contributed by atoms with Crippen LogP contribution in [0.4, 0.5) is 0 Å². The number of halogens is 1. The normalized spacial score (nSPS) is 19.9. The zero-order valence-corrected chi connectivity index (χ0v) is 18.7. The second-order valence-electron chi connectivity index (χ2n) is 9.50. The Morgan fingerprint density at radius 2 is 1.59 bits per heavy atom. The van der Waals surface area contributed by atoms with Gasteiger partial charge >= 0.3 is 0 Å². The molecule has 0 saturated carbocycles. The molecule has 0 spiro atoms. The van der Waals surface area contributed by atoms with Gasteiger partial charge in [0.25, 0.3) is 0 Å². The van der Waals surface area contributed by atoms with Crippen LogP contribution in [0.5, 0.6) is 0 Å². The molecule has 2 aliphatic rings. The van der Waals surface area contributed by atoms with Crippen LogP contribution >= 0.6 is 11.6 Å². The van der Waals surface area contributed by atoms with Crippen LogP contribution in [0.25, 0.3) is 0 Å². The molecule has 0 atom stereocenters. The van der Waals surface area contributed by atoms with Gasteiger partial charge in [-0.15, -0.1) is 0 Å². The summed E-state index contributed by atoms with van der Waals surface area (Å²) in [5.74, 6) is 0.388. The zero-order valence-electron chi connectivity index (χ0n) is 17.9. The van der Waals surface area contributed by atoms with Crippen LogP contribution < -0.4 is 5.32 Å². The largest absolute Gasteiger partial charge is 0.353 e. The smallest absolute Gasteiger partial charge is 0.227 e. The SMILES string of the molecule is CC(C)(C)C(=O)N1CCC(C(=O)NC2CCN(Cc3ccc(Cl)cc3)CC2)CC1. The third-order valence-corrected chi connectivity index (χ3v) is 6.30. The molecule has 0 radical (unpaired) electrons. The van der Waals surface area contributed by atoms with E-state index in [1.165, 1.54) is 5.56 Å². The minimum Gasteiger partial charge on any atom is -0.353 e. The highest BCUT2D eigenvalue weighted by molar-refractivity contribution is 6.30. The fourth-order valence-corrected chi connectivity index (χ4v) is 4.35. The molecule has 2 saturated heterocycles. The van der Waals surface area contributed by atoms with E-state index in [0.717, 1.165) is 50.3 Å². The van der Waals surface area contributed by atoms with Crippen LogP contribution in [0.2, 0.25) is 5.02 Å². The molecule has 2 amide bonds. The molecule has 2 fully saturated rings. The number of carbonyl (C=O) groups is 2. The third-order valence-electron chi connectivity index (χ3n) is 6.05. The number of hydrogen-bond acceptors (Lipinski definition) is 3. The Labute approximate surface area is 179 Å². The van der Waals surface area contributed by atoms with Gasteiger partial charge in [-0.1, -0.05) is 44.5 Å². The molecular formula is C23H34ClN3O2.